The highest BCUT2D eigenvalue weighted by molar-refractivity contribution is 5.98. The molecule has 0 aromatic carbocycles. The Hall–Kier alpha value is -2.31. The van der Waals surface area contributed by atoms with Gasteiger partial charge < -0.3 is 15.4 Å². The van der Waals surface area contributed by atoms with Gasteiger partial charge in [-0.1, -0.05) is 0 Å². The lowest BCUT2D eigenvalue weighted by Gasteiger charge is -2.14. The second-order valence-corrected chi connectivity index (χ2v) is 4.69. The van der Waals surface area contributed by atoms with Crippen molar-refractivity contribution in [2.24, 2.45) is 0 Å². The molecule has 0 bridgehead atoms. The van der Waals surface area contributed by atoms with Crippen LogP contribution >= 0.6 is 0 Å². The molecule has 1 saturated carbocycles. The van der Waals surface area contributed by atoms with Crippen molar-refractivity contribution in [1.29, 1.82) is 0 Å². The normalized spacial score (nSPS) is 15.1. The first kappa shape index (κ1) is 14.1. The van der Waals surface area contributed by atoms with E-state index >= 15 is 0 Å². The van der Waals surface area contributed by atoms with Gasteiger partial charge in [0.1, 0.15) is 6.04 Å². The summed E-state index contributed by atoms with van der Waals surface area (Å²) in [7, 11) is 1.53. The zero-order valence-corrected chi connectivity index (χ0v) is 11.5. The first-order valence-corrected chi connectivity index (χ1v) is 6.46. The van der Waals surface area contributed by atoms with Crippen LogP contribution in [0.4, 0.5) is 10.5 Å². The number of methoxy groups -OCH3 is 1. The molecular formula is C13H18N4O3. The second kappa shape index (κ2) is 6.23. The standard InChI is InChI=1S/C13H18N4O3/c1-8(12(18)17-13(19)16-9-3-4-9)15-10-5-6-11(20-2)14-7-10/h5-9,15H,3-4H2,1-2H3,(H2,16,17,18,19)/t8-/m1/s1. The van der Waals surface area contributed by atoms with Crippen LogP contribution in [0.15, 0.2) is 18.3 Å². The van der Waals surface area contributed by atoms with E-state index in [1.165, 1.54) is 7.11 Å². The number of pyridine rings is 1. The number of urea groups is 1. The minimum Gasteiger partial charge on any atom is -0.481 e. The molecule has 3 N–H and O–H groups in total. The number of carbonyl (C=O) groups is 2. The summed E-state index contributed by atoms with van der Waals surface area (Å²) >= 11 is 0. The lowest BCUT2D eigenvalue weighted by atomic mass is 10.3. The highest BCUT2D eigenvalue weighted by Crippen LogP contribution is 2.18. The average Bonchev–Trinajstić information content (AvgIpc) is 3.23. The molecule has 1 aliphatic carbocycles. The maximum atomic E-state index is 11.8. The maximum Gasteiger partial charge on any atom is 0.321 e. The van der Waals surface area contributed by atoms with Crippen molar-refractivity contribution < 1.29 is 14.3 Å². The van der Waals surface area contributed by atoms with Gasteiger partial charge in [0.15, 0.2) is 0 Å². The Morgan fingerprint density at radius 3 is 2.70 bits per heavy atom. The van der Waals surface area contributed by atoms with Crippen LogP contribution in [0.5, 0.6) is 5.88 Å². The lowest BCUT2D eigenvalue weighted by molar-refractivity contribution is -0.120. The molecule has 1 heterocycles. The molecule has 0 radical (unpaired) electrons. The second-order valence-electron chi connectivity index (χ2n) is 4.69. The highest BCUT2D eigenvalue weighted by atomic mass is 16.5. The van der Waals surface area contributed by atoms with Crippen LogP contribution in [0.1, 0.15) is 19.8 Å². The Kier molecular flexibility index (Phi) is 4.39. The summed E-state index contributed by atoms with van der Waals surface area (Å²) in [5, 5.41) is 7.95. The van der Waals surface area contributed by atoms with Crippen LogP contribution in [0.25, 0.3) is 0 Å². The van der Waals surface area contributed by atoms with Gasteiger partial charge in [0.05, 0.1) is 19.0 Å². The first-order valence-electron chi connectivity index (χ1n) is 6.46. The number of anilines is 1. The van der Waals surface area contributed by atoms with E-state index in [-0.39, 0.29) is 11.9 Å². The smallest absolute Gasteiger partial charge is 0.321 e. The van der Waals surface area contributed by atoms with Gasteiger partial charge >= 0.3 is 6.03 Å². The molecule has 0 aliphatic heterocycles. The predicted molar refractivity (Wildman–Crippen MR) is 73.6 cm³/mol. The number of amides is 3. The van der Waals surface area contributed by atoms with E-state index in [1.807, 2.05) is 0 Å². The summed E-state index contributed by atoms with van der Waals surface area (Å²) < 4.78 is 4.95. The van der Waals surface area contributed by atoms with E-state index in [9.17, 15) is 9.59 Å². The van der Waals surface area contributed by atoms with Crippen LogP contribution < -0.4 is 20.7 Å². The van der Waals surface area contributed by atoms with Crippen LogP contribution in [0, 0.1) is 0 Å². The third-order valence-electron chi connectivity index (χ3n) is 2.87. The summed E-state index contributed by atoms with van der Waals surface area (Å²) in [4.78, 5) is 27.3. The average molecular weight is 278 g/mol. The van der Waals surface area contributed by atoms with E-state index in [1.54, 1.807) is 25.3 Å². The highest BCUT2D eigenvalue weighted by Gasteiger charge is 2.24. The zero-order chi connectivity index (χ0) is 14.5. The molecule has 1 aromatic rings. The van der Waals surface area contributed by atoms with Gasteiger partial charge in [0, 0.05) is 12.1 Å². The van der Waals surface area contributed by atoms with Crippen LogP contribution in [-0.4, -0.2) is 36.1 Å². The molecule has 1 aliphatic rings. The van der Waals surface area contributed by atoms with Gasteiger partial charge in [0.25, 0.3) is 0 Å². The first-order chi connectivity index (χ1) is 9.58. The number of hydrogen-bond acceptors (Lipinski definition) is 5. The van der Waals surface area contributed by atoms with Crippen LogP contribution in [0.3, 0.4) is 0 Å². The number of carbonyl (C=O) groups excluding carboxylic acids is 2. The predicted octanol–water partition coefficient (Wildman–Crippen LogP) is 0.879. The van der Waals surface area contributed by atoms with Gasteiger partial charge in [-0.25, -0.2) is 9.78 Å². The molecule has 3 amide bonds. The number of nitrogens with zero attached hydrogens (tertiary/aromatic N) is 1. The van der Waals surface area contributed by atoms with Crippen molar-refractivity contribution in [2.75, 3.05) is 12.4 Å². The third kappa shape index (κ3) is 4.11. The summed E-state index contributed by atoms with van der Waals surface area (Å²) in [5.41, 5.74) is 0.677. The number of nitrogens with one attached hydrogen (secondary N) is 3. The molecule has 0 spiro atoms. The SMILES string of the molecule is COc1ccc(N[C@H](C)C(=O)NC(=O)NC2CC2)cn1. The Labute approximate surface area is 117 Å². The molecule has 2 rings (SSSR count). The minimum atomic E-state index is -0.546. The fourth-order valence-corrected chi connectivity index (χ4v) is 1.57. The molecule has 20 heavy (non-hydrogen) atoms. The monoisotopic (exact) mass is 278 g/mol. The van der Waals surface area contributed by atoms with E-state index in [0.29, 0.717) is 11.6 Å². The molecule has 0 unspecified atom stereocenters. The fourth-order valence-electron chi connectivity index (χ4n) is 1.57. The zero-order valence-electron chi connectivity index (χ0n) is 11.5. The van der Waals surface area contributed by atoms with Crippen molar-refractivity contribution in [2.45, 2.75) is 31.8 Å². The lowest BCUT2D eigenvalue weighted by Crippen LogP contribution is -2.46. The number of hydrogen-bond donors (Lipinski definition) is 3. The molecular weight excluding hydrogens is 260 g/mol. The van der Waals surface area contributed by atoms with Gasteiger partial charge in [-0.05, 0) is 25.8 Å². The molecule has 1 aromatic heterocycles. The quantitative estimate of drug-likeness (QED) is 0.743. The van der Waals surface area contributed by atoms with Gasteiger partial charge in [0.2, 0.25) is 11.8 Å². The molecule has 108 valence electrons. The van der Waals surface area contributed by atoms with Crippen LogP contribution in [-0.2, 0) is 4.79 Å². The third-order valence-corrected chi connectivity index (χ3v) is 2.87. The minimum absolute atomic E-state index is 0.219. The Morgan fingerprint density at radius 1 is 1.40 bits per heavy atom. The summed E-state index contributed by atoms with van der Waals surface area (Å²) in [5.74, 6) is 0.107. The van der Waals surface area contributed by atoms with E-state index in [0.717, 1.165) is 12.8 Å². The topological polar surface area (TPSA) is 92.4 Å². The van der Waals surface area contributed by atoms with E-state index in [2.05, 4.69) is 20.9 Å². The van der Waals surface area contributed by atoms with E-state index in [4.69, 9.17) is 4.74 Å². The fraction of sp³-hybridized carbons (Fsp3) is 0.462. The Bertz CT molecular complexity index is 485. The van der Waals surface area contributed by atoms with Crippen molar-refractivity contribution >= 4 is 17.6 Å². The van der Waals surface area contributed by atoms with E-state index < -0.39 is 12.1 Å². The number of imide groups is 1. The van der Waals surface area contributed by atoms with Crippen molar-refractivity contribution in [3.05, 3.63) is 18.3 Å². The van der Waals surface area contributed by atoms with Gasteiger partial charge in [-0.3, -0.25) is 10.1 Å². The Morgan fingerprint density at radius 2 is 2.15 bits per heavy atom. The van der Waals surface area contributed by atoms with Crippen LogP contribution in [0.2, 0.25) is 0 Å². The number of ether oxygens (including phenoxy) is 1. The van der Waals surface area contributed by atoms with Crippen molar-refractivity contribution in [3.63, 3.8) is 0 Å². The molecule has 1 atom stereocenters. The maximum absolute atomic E-state index is 11.8. The van der Waals surface area contributed by atoms with Gasteiger partial charge in [-0.2, -0.15) is 0 Å². The van der Waals surface area contributed by atoms with Gasteiger partial charge in [-0.15, -0.1) is 0 Å². The Balaban J connectivity index is 1.81. The van der Waals surface area contributed by atoms with Crippen molar-refractivity contribution in [1.82, 2.24) is 15.6 Å². The molecule has 7 nitrogen and oxygen atoms in total. The molecule has 1 fully saturated rings. The number of rotatable bonds is 5. The largest absolute Gasteiger partial charge is 0.481 e. The molecule has 0 saturated heterocycles. The summed E-state index contributed by atoms with van der Waals surface area (Å²) in [6, 6.07) is 2.66. The van der Waals surface area contributed by atoms with Crippen molar-refractivity contribution in [3.8, 4) is 5.88 Å². The molecule has 7 heteroatoms. The summed E-state index contributed by atoms with van der Waals surface area (Å²) in [6.07, 6.45) is 3.52. The number of aromatic nitrogens is 1. The summed E-state index contributed by atoms with van der Waals surface area (Å²) in [6.45, 7) is 1.67.